The number of esters is 2. The lowest BCUT2D eigenvalue weighted by atomic mass is 10.2. The van der Waals surface area contributed by atoms with Crippen molar-refractivity contribution in [2.75, 3.05) is 13.2 Å². The molecule has 4 nitrogen and oxygen atoms in total. The largest absolute Gasteiger partial charge is 0.466 e. The number of carbonyl (C=O) groups is 2. The molecular weight excluding hydrogens is 268 g/mol. The molecule has 0 saturated heterocycles. The summed E-state index contributed by atoms with van der Waals surface area (Å²) >= 11 is 0. The Bertz CT molecular complexity index is 264. The van der Waals surface area contributed by atoms with Crippen LogP contribution in [0.1, 0.15) is 84.5 Å². The van der Waals surface area contributed by atoms with Crippen LogP contribution in [0.3, 0.4) is 0 Å². The summed E-state index contributed by atoms with van der Waals surface area (Å²) in [5, 5.41) is 0. The van der Waals surface area contributed by atoms with Crippen LogP contribution in [0.5, 0.6) is 0 Å². The molecule has 0 aliphatic heterocycles. The maximum Gasteiger partial charge on any atom is 0.305 e. The van der Waals surface area contributed by atoms with Gasteiger partial charge in [0.1, 0.15) is 0 Å². The highest BCUT2D eigenvalue weighted by atomic mass is 16.5. The van der Waals surface area contributed by atoms with E-state index in [1.165, 1.54) is 19.3 Å². The van der Waals surface area contributed by atoms with Crippen molar-refractivity contribution < 1.29 is 19.1 Å². The second-order valence-electron chi connectivity index (χ2n) is 5.42. The molecule has 0 heterocycles. The summed E-state index contributed by atoms with van der Waals surface area (Å²) in [6.45, 7) is 5.28. The van der Waals surface area contributed by atoms with Crippen molar-refractivity contribution in [1.29, 1.82) is 0 Å². The van der Waals surface area contributed by atoms with Gasteiger partial charge in [-0.15, -0.1) is 0 Å². The minimum Gasteiger partial charge on any atom is -0.466 e. The Morgan fingerprint density at radius 3 is 1.57 bits per heavy atom. The molecule has 124 valence electrons. The maximum absolute atomic E-state index is 11.4. The molecule has 0 atom stereocenters. The second-order valence-corrected chi connectivity index (χ2v) is 5.42. The van der Waals surface area contributed by atoms with Gasteiger partial charge in [-0.2, -0.15) is 0 Å². The van der Waals surface area contributed by atoms with Gasteiger partial charge in [0.2, 0.25) is 0 Å². The van der Waals surface area contributed by atoms with E-state index in [2.05, 4.69) is 13.8 Å². The Kier molecular flexibility index (Phi) is 14.6. The molecule has 0 rings (SSSR count). The highest BCUT2D eigenvalue weighted by Crippen LogP contribution is 2.05. The minimum atomic E-state index is -0.210. The third kappa shape index (κ3) is 15.2. The van der Waals surface area contributed by atoms with E-state index in [1.807, 2.05) is 0 Å². The van der Waals surface area contributed by atoms with Gasteiger partial charge in [0.25, 0.3) is 0 Å². The van der Waals surface area contributed by atoms with E-state index in [9.17, 15) is 9.59 Å². The van der Waals surface area contributed by atoms with Crippen molar-refractivity contribution in [3.63, 3.8) is 0 Å². The summed E-state index contributed by atoms with van der Waals surface area (Å²) in [4.78, 5) is 22.8. The van der Waals surface area contributed by atoms with Crippen molar-refractivity contribution >= 4 is 11.9 Å². The highest BCUT2D eigenvalue weighted by Gasteiger charge is 2.07. The lowest BCUT2D eigenvalue weighted by molar-refractivity contribution is -0.145. The zero-order chi connectivity index (χ0) is 15.8. The van der Waals surface area contributed by atoms with E-state index >= 15 is 0 Å². The number of rotatable bonds is 14. The molecule has 0 aromatic rings. The van der Waals surface area contributed by atoms with Crippen molar-refractivity contribution in [2.24, 2.45) is 0 Å². The number of ether oxygens (including phenoxy) is 2. The molecule has 4 heteroatoms. The lowest BCUT2D eigenvalue weighted by Gasteiger charge is -2.05. The number of unbranched alkanes of at least 4 members (excludes halogenated alkanes) is 6. The Morgan fingerprint density at radius 1 is 0.619 bits per heavy atom. The van der Waals surface area contributed by atoms with E-state index in [0.29, 0.717) is 32.5 Å². The Labute approximate surface area is 129 Å². The van der Waals surface area contributed by atoms with Crippen molar-refractivity contribution in [3.05, 3.63) is 0 Å². The van der Waals surface area contributed by atoms with Gasteiger partial charge in [-0.05, 0) is 19.3 Å². The van der Waals surface area contributed by atoms with Gasteiger partial charge in [-0.1, -0.05) is 52.4 Å². The van der Waals surface area contributed by atoms with Crippen LogP contribution in [0.2, 0.25) is 0 Å². The second kappa shape index (κ2) is 15.3. The average molecular weight is 300 g/mol. The SMILES string of the molecule is CCCCCCCOC(=O)CCCC(=O)OCCCCC. The van der Waals surface area contributed by atoms with Gasteiger partial charge in [0.05, 0.1) is 13.2 Å². The van der Waals surface area contributed by atoms with Crippen LogP contribution in [0.4, 0.5) is 0 Å². The van der Waals surface area contributed by atoms with Crippen LogP contribution in [0.25, 0.3) is 0 Å². The van der Waals surface area contributed by atoms with Gasteiger partial charge < -0.3 is 9.47 Å². The molecule has 21 heavy (non-hydrogen) atoms. The molecule has 0 bridgehead atoms. The van der Waals surface area contributed by atoms with Crippen LogP contribution in [0, 0.1) is 0 Å². The monoisotopic (exact) mass is 300 g/mol. The van der Waals surface area contributed by atoms with Crippen molar-refractivity contribution in [1.82, 2.24) is 0 Å². The van der Waals surface area contributed by atoms with Gasteiger partial charge in [0.15, 0.2) is 0 Å². The summed E-state index contributed by atoms with van der Waals surface area (Å²) in [5.74, 6) is -0.414. The van der Waals surface area contributed by atoms with Crippen LogP contribution in [-0.4, -0.2) is 25.2 Å². The third-order valence-corrected chi connectivity index (χ3v) is 3.28. The van der Waals surface area contributed by atoms with E-state index < -0.39 is 0 Å². The fourth-order valence-electron chi connectivity index (χ4n) is 1.95. The molecule has 0 aliphatic rings. The zero-order valence-electron chi connectivity index (χ0n) is 13.8. The first-order valence-electron chi connectivity index (χ1n) is 8.52. The number of hydrogen-bond donors (Lipinski definition) is 0. The van der Waals surface area contributed by atoms with Gasteiger partial charge in [0, 0.05) is 12.8 Å². The first-order chi connectivity index (χ1) is 10.2. The van der Waals surface area contributed by atoms with Crippen molar-refractivity contribution in [3.8, 4) is 0 Å². The van der Waals surface area contributed by atoms with Gasteiger partial charge >= 0.3 is 11.9 Å². The smallest absolute Gasteiger partial charge is 0.305 e. The first kappa shape index (κ1) is 19.9. The van der Waals surface area contributed by atoms with Crippen LogP contribution in [0.15, 0.2) is 0 Å². The lowest BCUT2D eigenvalue weighted by Crippen LogP contribution is -2.09. The average Bonchev–Trinajstić information content (AvgIpc) is 2.47. The number of carbonyl (C=O) groups excluding carboxylic acids is 2. The highest BCUT2D eigenvalue weighted by molar-refractivity contribution is 5.72. The quantitative estimate of drug-likeness (QED) is 0.352. The summed E-state index contributed by atoms with van der Waals surface area (Å²) in [6, 6.07) is 0. The van der Waals surface area contributed by atoms with E-state index in [0.717, 1.165) is 32.1 Å². The normalized spacial score (nSPS) is 10.4. The Balaban J connectivity index is 3.34. The van der Waals surface area contributed by atoms with Crippen LogP contribution < -0.4 is 0 Å². The fourth-order valence-corrected chi connectivity index (χ4v) is 1.95. The van der Waals surface area contributed by atoms with E-state index in [1.54, 1.807) is 0 Å². The molecule has 0 fully saturated rings. The van der Waals surface area contributed by atoms with Crippen LogP contribution >= 0.6 is 0 Å². The van der Waals surface area contributed by atoms with Gasteiger partial charge in [-0.3, -0.25) is 9.59 Å². The first-order valence-corrected chi connectivity index (χ1v) is 8.52. The summed E-state index contributed by atoms with van der Waals surface area (Å²) in [6.07, 6.45) is 9.96. The topological polar surface area (TPSA) is 52.6 Å². The van der Waals surface area contributed by atoms with Crippen molar-refractivity contribution in [2.45, 2.75) is 84.5 Å². The predicted octanol–water partition coefficient (Wildman–Crippen LogP) is 4.40. The van der Waals surface area contributed by atoms with Crippen LogP contribution in [-0.2, 0) is 19.1 Å². The molecular formula is C17H32O4. The molecule has 0 unspecified atom stereocenters. The van der Waals surface area contributed by atoms with Gasteiger partial charge in [-0.25, -0.2) is 0 Å². The van der Waals surface area contributed by atoms with E-state index in [4.69, 9.17) is 9.47 Å². The predicted molar refractivity (Wildman–Crippen MR) is 84.1 cm³/mol. The summed E-state index contributed by atoms with van der Waals surface area (Å²) < 4.78 is 10.2. The Hall–Kier alpha value is -1.06. The maximum atomic E-state index is 11.4. The molecule has 0 N–H and O–H groups in total. The molecule has 0 spiro atoms. The molecule has 0 aromatic carbocycles. The van der Waals surface area contributed by atoms with E-state index in [-0.39, 0.29) is 11.9 Å². The molecule has 0 saturated carbocycles. The summed E-state index contributed by atoms with van der Waals surface area (Å²) in [5.41, 5.74) is 0. The number of hydrogen-bond acceptors (Lipinski definition) is 4. The molecule has 0 aliphatic carbocycles. The minimum absolute atomic E-state index is 0.204. The Morgan fingerprint density at radius 2 is 1.05 bits per heavy atom. The standard InChI is InChI=1S/C17H32O4/c1-3-5-7-8-10-15-21-17(19)13-11-12-16(18)20-14-9-6-4-2/h3-15H2,1-2H3. The molecule has 0 aromatic heterocycles. The molecule has 0 radical (unpaired) electrons. The zero-order valence-corrected chi connectivity index (χ0v) is 13.8. The fraction of sp³-hybridized carbons (Fsp3) is 0.882. The third-order valence-electron chi connectivity index (χ3n) is 3.28. The molecule has 0 amide bonds. The summed E-state index contributed by atoms with van der Waals surface area (Å²) in [7, 11) is 0.